The molecule has 1 N–H and O–H groups in total. The molecule has 0 aromatic carbocycles. The highest BCUT2D eigenvalue weighted by Crippen LogP contribution is 1.83. The highest BCUT2D eigenvalue weighted by molar-refractivity contribution is 4.59. The van der Waals surface area contributed by atoms with E-state index in [2.05, 4.69) is 6.58 Å². The van der Waals surface area contributed by atoms with Crippen molar-refractivity contribution in [2.45, 2.75) is 0 Å². The minimum atomic E-state index is -0.178. The Morgan fingerprint density at radius 2 is 2.43 bits per heavy atom. The molecule has 0 rings (SSSR count). The lowest BCUT2D eigenvalue weighted by Gasteiger charge is -2.01. The molecule has 0 spiro atoms. The zero-order valence-corrected chi connectivity index (χ0v) is 3.97. The van der Waals surface area contributed by atoms with Gasteiger partial charge in [0.25, 0.3) is 0 Å². The first-order chi connectivity index (χ1) is 3.31. The summed E-state index contributed by atoms with van der Waals surface area (Å²) in [4.78, 5) is 0. The molecule has 0 saturated heterocycles. The third-order valence-electron chi connectivity index (χ3n) is 0.512. The highest BCUT2D eigenvalue weighted by Gasteiger charge is 1.87. The fourth-order valence-corrected chi connectivity index (χ4v) is 0.187. The number of aliphatic hydroxyl groups excluding tert-OH is 1. The van der Waals surface area contributed by atoms with E-state index in [9.17, 15) is 4.48 Å². The summed E-state index contributed by atoms with van der Waals surface area (Å²) in [5.41, 5.74) is 0. The van der Waals surface area contributed by atoms with Gasteiger partial charge in [-0.3, -0.25) is 0 Å². The van der Waals surface area contributed by atoms with E-state index in [1.54, 1.807) is 0 Å². The lowest BCUT2D eigenvalue weighted by Crippen LogP contribution is -2.09. The van der Waals surface area contributed by atoms with Crippen LogP contribution in [-0.2, 0) is 0 Å². The molecule has 0 aliphatic rings. The van der Waals surface area contributed by atoms with Crippen LogP contribution in [0.1, 0.15) is 0 Å². The van der Waals surface area contributed by atoms with Gasteiger partial charge in [-0.05, 0) is 0 Å². The molecule has 0 heterocycles. The predicted molar refractivity (Wildman–Crippen MR) is 25.1 cm³/mol. The van der Waals surface area contributed by atoms with Crippen molar-refractivity contribution < 1.29 is 9.59 Å². The van der Waals surface area contributed by atoms with Gasteiger partial charge in [-0.15, -0.1) is 4.48 Å². The first-order valence-corrected chi connectivity index (χ1v) is 1.97. The Hall–Kier alpha value is -0.570. The number of nitrogens with zero attached hydrogens (tertiary/aromatic N) is 1. The Balaban J connectivity index is 2.98. The Labute approximate surface area is 41.8 Å². The molecule has 0 bridgehead atoms. The molecule has 2 nitrogen and oxygen atoms in total. The molecule has 0 fully saturated rings. The van der Waals surface area contributed by atoms with Crippen molar-refractivity contribution in [3.8, 4) is 0 Å². The summed E-state index contributed by atoms with van der Waals surface area (Å²) in [7, 11) is 0. The monoisotopic (exact) mass is 105 g/mol. The van der Waals surface area contributed by atoms with E-state index in [-0.39, 0.29) is 13.2 Å². The van der Waals surface area contributed by atoms with Gasteiger partial charge in [-0.1, -0.05) is 6.58 Å². The Kier molecular flexibility index (Phi) is 3.32. The second kappa shape index (κ2) is 3.61. The van der Waals surface area contributed by atoms with Crippen molar-refractivity contribution in [2.75, 3.05) is 13.2 Å². The van der Waals surface area contributed by atoms with Gasteiger partial charge < -0.3 is 5.11 Å². The molecule has 0 saturated carbocycles. The molecule has 0 aliphatic heterocycles. The average Bonchev–Trinajstić information content (AvgIpc) is 1.68. The first kappa shape index (κ1) is 6.43. The van der Waals surface area contributed by atoms with Crippen molar-refractivity contribution in [2.24, 2.45) is 0 Å². The van der Waals surface area contributed by atoms with Crippen molar-refractivity contribution in [3.05, 3.63) is 12.8 Å². The number of halogens is 1. The Morgan fingerprint density at radius 3 is 2.57 bits per heavy atom. The lowest BCUT2D eigenvalue weighted by molar-refractivity contribution is 0.0666. The second-order valence-corrected chi connectivity index (χ2v) is 1.03. The maximum atomic E-state index is 11.7. The molecule has 0 radical (unpaired) electrons. The number of aliphatic hydroxyl groups is 1. The van der Waals surface area contributed by atoms with Crippen molar-refractivity contribution in [1.82, 2.24) is 5.12 Å². The molecule has 42 valence electrons. The van der Waals surface area contributed by atoms with Crippen LogP contribution < -0.4 is 0 Å². The predicted octanol–water partition coefficient (Wildman–Crippen LogP) is 0.309. The number of rotatable bonds is 3. The van der Waals surface area contributed by atoms with Crippen LogP contribution in [0.4, 0.5) is 4.48 Å². The molecule has 0 atom stereocenters. The molecular formula is C4H8FNO. The lowest BCUT2D eigenvalue weighted by atomic mass is 10.7. The quantitative estimate of drug-likeness (QED) is 0.522. The van der Waals surface area contributed by atoms with Gasteiger partial charge >= 0.3 is 0 Å². The summed E-state index contributed by atoms with van der Waals surface area (Å²) < 4.78 is 11.7. The van der Waals surface area contributed by atoms with Crippen LogP contribution in [0.15, 0.2) is 12.8 Å². The first-order valence-electron chi connectivity index (χ1n) is 1.97. The minimum Gasteiger partial charge on any atom is -0.394 e. The summed E-state index contributed by atoms with van der Waals surface area (Å²) in [6.45, 7) is 2.94. The van der Waals surface area contributed by atoms with E-state index in [0.29, 0.717) is 5.12 Å². The van der Waals surface area contributed by atoms with Crippen LogP contribution in [0.2, 0.25) is 0 Å². The smallest absolute Gasteiger partial charge is 0.0730 e. The zero-order valence-electron chi connectivity index (χ0n) is 3.97. The van der Waals surface area contributed by atoms with Gasteiger partial charge in [0, 0.05) is 6.20 Å². The fraction of sp³-hybridized carbons (Fsp3) is 0.500. The summed E-state index contributed by atoms with van der Waals surface area (Å²) in [5, 5.41) is 8.36. The van der Waals surface area contributed by atoms with Crippen molar-refractivity contribution >= 4 is 0 Å². The molecule has 0 amide bonds. The van der Waals surface area contributed by atoms with Crippen LogP contribution in [0.25, 0.3) is 0 Å². The zero-order chi connectivity index (χ0) is 5.70. The van der Waals surface area contributed by atoms with Gasteiger partial charge in [-0.2, -0.15) is 0 Å². The SMILES string of the molecule is C=CN(F)CCO. The van der Waals surface area contributed by atoms with E-state index in [1.165, 1.54) is 0 Å². The van der Waals surface area contributed by atoms with Crippen LogP contribution in [0.5, 0.6) is 0 Å². The van der Waals surface area contributed by atoms with E-state index in [1.807, 2.05) is 0 Å². The third-order valence-corrected chi connectivity index (χ3v) is 0.512. The number of hydrogen-bond acceptors (Lipinski definition) is 2. The van der Waals surface area contributed by atoms with Crippen LogP contribution in [-0.4, -0.2) is 23.4 Å². The molecule has 0 unspecified atom stereocenters. The van der Waals surface area contributed by atoms with Crippen LogP contribution in [0.3, 0.4) is 0 Å². The Bertz CT molecular complexity index is 57.7. The summed E-state index contributed by atoms with van der Waals surface area (Å²) in [6.07, 6.45) is 1.01. The van der Waals surface area contributed by atoms with Crippen molar-refractivity contribution in [3.63, 3.8) is 0 Å². The largest absolute Gasteiger partial charge is 0.394 e. The third kappa shape index (κ3) is 3.26. The van der Waals surface area contributed by atoms with Gasteiger partial charge in [0.05, 0.1) is 13.2 Å². The van der Waals surface area contributed by atoms with Crippen molar-refractivity contribution in [1.29, 1.82) is 0 Å². The van der Waals surface area contributed by atoms with E-state index >= 15 is 0 Å². The van der Waals surface area contributed by atoms with Gasteiger partial charge in [0.2, 0.25) is 0 Å². The van der Waals surface area contributed by atoms with Gasteiger partial charge in [0.15, 0.2) is 0 Å². The molecular weight excluding hydrogens is 97.0 g/mol. The highest BCUT2D eigenvalue weighted by atomic mass is 19.2. The molecule has 7 heavy (non-hydrogen) atoms. The van der Waals surface area contributed by atoms with E-state index in [0.717, 1.165) is 6.20 Å². The normalized spacial score (nSPS) is 8.29. The van der Waals surface area contributed by atoms with E-state index in [4.69, 9.17) is 5.11 Å². The second-order valence-electron chi connectivity index (χ2n) is 1.03. The van der Waals surface area contributed by atoms with E-state index < -0.39 is 0 Å². The summed E-state index contributed by atoms with van der Waals surface area (Å²) in [6, 6.07) is 0. The topological polar surface area (TPSA) is 23.5 Å². The molecule has 0 aromatic heterocycles. The Morgan fingerprint density at radius 1 is 1.86 bits per heavy atom. The van der Waals surface area contributed by atoms with Crippen LogP contribution >= 0.6 is 0 Å². The maximum Gasteiger partial charge on any atom is 0.0730 e. The molecule has 0 aliphatic carbocycles. The fourth-order valence-electron chi connectivity index (χ4n) is 0.187. The summed E-state index contributed by atoms with van der Waals surface area (Å²) in [5.74, 6) is 0. The standard InChI is InChI=1S/C4H8FNO/c1-2-6(5)3-4-7/h2,7H,1,3-4H2. The number of hydrogen-bond donors (Lipinski definition) is 1. The van der Waals surface area contributed by atoms with Gasteiger partial charge in [0.1, 0.15) is 0 Å². The summed E-state index contributed by atoms with van der Waals surface area (Å²) >= 11 is 0. The van der Waals surface area contributed by atoms with Gasteiger partial charge in [-0.25, -0.2) is 5.12 Å². The van der Waals surface area contributed by atoms with Crippen LogP contribution in [0, 0.1) is 0 Å². The molecule has 3 heteroatoms. The molecule has 0 aromatic rings. The maximum absolute atomic E-state index is 11.7. The minimum absolute atomic E-state index is 0.00347. The average molecular weight is 105 g/mol.